The number of carbonyl (C=O) groups excluding carboxylic acids is 1. The highest BCUT2D eigenvalue weighted by molar-refractivity contribution is 8.00. The van der Waals surface area contributed by atoms with E-state index in [0.717, 1.165) is 34.6 Å². The summed E-state index contributed by atoms with van der Waals surface area (Å²) in [5, 5.41) is 11.2. The quantitative estimate of drug-likeness (QED) is 0.801. The van der Waals surface area contributed by atoms with Gasteiger partial charge in [0.05, 0.1) is 11.9 Å². The molecule has 23 heavy (non-hydrogen) atoms. The summed E-state index contributed by atoms with van der Waals surface area (Å²) in [6, 6.07) is 8.43. The summed E-state index contributed by atoms with van der Waals surface area (Å²) in [5.74, 6) is 1.41. The van der Waals surface area contributed by atoms with Crippen LogP contribution in [-0.4, -0.2) is 39.8 Å². The molecule has 1 fully saturated rings. The SMILES string of the molecule is CC1CCC(N(C)C(=O)CSc2nncc3ccccc23)CC1. The Balaban J connectivity index is 1.62. The first kappa shape index (κ1) is 16.2. The molecule has 3 rings (SSSR count). The van der Waals surface area contributed by atoms with Crippen molar-refractivity contribution in [3.63, 3.8) is 0 Å². The number of rotatable bonds is 4. The number of benzene rings is 1. The van der Waals surface area contributed by atoms with E-state index in [1.54, 1.807) is 6.20 Å². The van der Waals surface area contributed by atoms with Crippen LogP contribution < -0.4 is 0 Å². The highest BCUT2D eigenvalue weighted by Crippen LogP contribution is 2.28. The normalized spacial score (nSPS) is 21.3. The average Bonchev–Trinajstić information content (AvgIpc) is 2.59. The zero-order valence-corrected chi connectivity index (χ0v) is 14.6. The summed E-state index contributed by atoms with van der Waals surface area (Å²) in [5.41, 5.74) is 0. The number of carbonyl (C=O) groups is 1. The van der Waals surface area contributed by atoms with Gasteiger partial charge in [0.2, 0.25) is 5.91 Å². The van der Waals surface area contributed by atoms with Crippen LogP contribution in [0.15, 0.2) is 35.5 Å². The molecule has 1 heterocycles. The van der Waals surface area contributed by atoms with Gasteiger partial charge in [-0.2, -0.15) is 5.10 Å². The first-order valence-corrected chi connectivity index (χ1v) is 9.22. The zero-order chi connectivity index (χ0) is 16.2. The third-order valence-corrected chi connectivity index (χ3v) is 5.76. The third kappa shape index (κ3) is 3.83. The zero-order valence-electron chi connectivity index (χ0n) is 13.7. The lowest BCUT2D eigenvalue weighted by molar-refractivity contribution is -0.129. The summed E-state index contributed by atoms with van der Waals surface area (Å²) in [4.78, 5) is 14.4. The molecule has 0 unspecified atom stereocenters. The van der Waals surface area contributed by atoms with Crippen molar-refractivity contribution >= 4 is 28.4 Å². The first-order chi connectivity index (χ1) is 11.1. The maximum absolute atomic E-state index is 12.5. The Labute approximate surface area is 141 Å². The van der Waals surface area contributed by atoms with Gasteiger partial charge in [0.25, 0.3) is 0 Å². The molecule has 5 heteroatoms. The highest BCUT2D eigenvalue weighted by atomic mass is 32.2. The van der Waals surface area contributed by atoms with Crippen LogP contribution >= 0.6 is 11.8 Å². The molecular formula is C18H23N3OS. The number of nitrogens with zero attached hydrogens (tertiary/aromatic N) is 3. The van der Waals surface area contributed by atoms with Gasteiger partial charge in [0.15, 0.2) is 0 Å². The van der Waals surface area contributed by atoms with E-state index in [9.17, 15) is 4.79 Å². The van der Waals surface area contributed by atoms with Crippen LogP contribution in [-0.2, 0) is 4.79 Å². The van der Waals surface area contributed by atoms with Crippen LogP contribution in [0.25, 0.3) is 10.8 Å². The van der Waals surface area contributed by atoms with E-state index >= 15 is 0 Å². The molecule has 1 aliphatic carbocycles. The Bertz CT molecular complexity index is 678. The molecule has 1 aromatic heterocycles. The van der Waals surface area contributed by atoms with Gasteiger partial charge in [-0.1, -0.05) is 43.0 Å². The number of thioether (sulfide) groups is 1. The summed E-state index contributed by atoms with van der Waals surface area (Å²) in [7, 11) is 1.94. The van der Waals surface area contributed by atoms with Crippen molar-refractivity contribution in [1.82, 2.24) is 15.1 Å². The molecule has 1 aliphatic rings. The van der Waals surface area contributed by atoms with Crippen molar-refractivity contribution < 1.29 is 4.79 Å². The Kier molecular flexibility index (Phi) is 5.16. The second kappa shape index (κ2) is 7.30. The van der Waals surface area contributed by atoms with Crippen LogP contribution in [0.3, 0.4) is 0 Å². The maximum atomic E-state index is 12.5. The Morgan fingerprint density at radius 3 is 2.78 bits per heavy atom. The minimum Gasteiger partial charge on any atom is -0.342 e. The van der Waals surface area contributed by atoms with E-state index in [1.807, 2.05) is 36.2 Å². The van der Waals surface area contributed by atoms with E-state index in [4.69, 9.17) is 0 Å². The van der Waals surface area contributed by atoms with Crippen LogP contribution in [0, 0.1) is 5.92 Å². The summed E-state index contributed by atoms with van der Waals surface area (Å²) in [6.45, 7) is 2.30. The fourth-order valence-electron chi connectivity index (χ4n) is 3.17. The lowest BCUT2D eigenvalue weighted by atomic mass is 9.87. The van der Waals surface area contributed by atoms with Gasteiger partial charge < -0.3 is 4.90 Å². The molecule has 0 bridgehead atoms. The topological polar surface area (TPSA) is 46.1 Å². The van der Waals surface area contributed by atoms with Crippen molar-refractivity contribution in [2.45, 2.75) is 43.7 Å². The molecule has 0 atom stereocenters. The predicted octanol–water partition coefficient (Wildman–Crippen LogP) is 3.76. The second-order valence-electron chi connectivity index (χ2n) is 6.44. The molecule has 0 spiro atoms. The standard InChI is InChI=1S/C18H23N3OS/c1-13-7-9-15(10-8-13)21(2)17(22)12-23-18-16-6-4-3-5-14(16)11-19-20-18/h3-6,11,13,15H,7-10,12H2,1-2H3. The van der Waals surface area contributed by atoms with Gasteiger partial charge in [0, 0.05) is 23.9 Å². The summed E-state index contributed by atoms with van der Waals surface area (Å²) < 4.78 is 0. The molecule has 4 nitrogen and oxygen atoms in total. The fourth-order valence-corrected chi connectivity index (χ4v) is 4.08. The number of amides is 1. The highest BCUT2D eigenvalue weighted by Gasteiger charge is 2.24. The first-order valence-electron chi connectivity index (χ1n) is 8.24. The molecular weight excluding hydrogens is 306 g/mol. The maximum Gasteiger partial charge on any atom is 0.232 e. The van der Waals surface area contributed by atoms with E-state index < -0.39 is 0 Å². The van der Waals surface area contributed by atoms with Crippen molar-refractivity contribution in [3.05, 3.63) is 30.5 Å². The molecule has 1 saturated carbocycles. The molecule has 0 saturated heterocycles. The van der Waals surface area contributed by atoms with Crippen LogP contribution in [0.2, 0.25) is 0 Å². The Morgan fingerprint density at radius 2 is 2.00 bits per heavy atom. The third-order valence-electron chi connectivity index (χ3n) is 4.80. The van der Waals surface area contributed by atoms with Gasteiger partial charge in [-0.05, 0) is 31.6 Å². The molecule has 0 radical (unpaired) electrons. The Hall–Kier alpha value is -1.62. The van der Waals surface area contributed by atoms with Crippen molar-refractivity contribution in [3.8, 4) is 0 Å². The Morgan fingerprint density at radius 1 is 1.26 bits per heavy atom. The minimum atomic E-state index is 0.185. The van der Waals surface area contributed by atoms with Crippen molar-refractivity contribution in [2.75, 3.05) is 12.8 Å². The summed E-state index contributed by atoms with van der Waals surface area (Å²) >= 11 is 1.49. The summed E-state index contributed by atoms with van der Waals surface area (Å²) in [6.07, 6.45) is 6.47. The number of aromatic nitrogens is 2. The van der Waals surface area contributed by atoms with Gasteiger partial charge >= 0.3 is 0 Å². The smallest absolute Gasteiger partial charge is 0.232 e. The van der Waals surface area contributed by atoms with Crippen LogP contribution in [0.1, 0.15) is 32.6 Å². The van der Waals surface area contributed by atoms with Crippen LogP contribution in [0.5, 0.6) is 0 Å². The molecule has 1 aromatic carbocycles. The van der Waals surface area contributed by atoms with E-state index in [0.29, 0.717) is 11.8 Å². The van der Waals surface area contributed by atoms with E-state index in [2.05, 4.69) is 17.1 Å². The van der Waals surface area contributed by atoms with E-state index in [1.165, 1.54) is 24.6 Å². The molecule has 1 amide bonds. The molecule has 0 aliphatic heterocycles. The predicted molar refractivity (Wildman–Crippen MR) is 94.5 cm³/mol. The second-order valence-corrected chi connectivity index (χ2v) is 7.41. The number of fused-ring (bicyclic) bond motifs is 1. The van der Waals surface area contributed by atoms with Crippen LogP contribution in [0.4, 0.5) is 0 Å². The minimum absolute atomic E-state index is 0.185. The largest absolute Gasteiger partial charge is 0.342 e. The van der Waals surface area contributed by atoms with Gasteiger partial charge in [0.1, 0.15) is 5.03 Å². The lowest BCUT2D eigenvalue weighted by Crippen LogP contribution is -2.40. The van der Waals surface area contributed by atoms with Gasteiger partial charge in [-0.25, -0.2) is 0 Å². The average molecular weight is 329 g/mol. The monoisotopic (exact) mass is 329 g/mol. The van der Waals surface area contributed by atoms with Crippen molar-refractivity contribution in [2.24, 2.45) is 5.92 Å². The van der Waals surface area contributed by atoms with E-state index in [-0.39, 0.29) is 5.91 Å². The number of hydrogen-bond donors (Lipinski definition) is 0. The van der Waals surface area contributed by atoms with Gasteiger partial charge in [-0.3, -0.25) is 4.79 Å². The molecule has 122 valence electrons. The lowest BCUT2D eigenvalue weighted by Gasteiger charge is -2.33. The molecule has 2 aromatic rings. The fraction of sp³-hybridized carbons (Fsp3) is 0.500. The number of hydrogen-bond acceptors (Lipinski definition) is 4. The molecule has 0 N–H and O–H groups in total. The van der Waals surface area contributed by atoms with Crippen molar-refractivity contribution in [1.29, 1.82) is 0 Å². The van der Waals surface area contributed by atoms with Gasteiger partial charge in [-0.15, -0.1) is 5.10 Å².